The van der Waals surface area contributed by atoms with Crippen LogP contribution in [0.3, 0.4) is 0 Å². The highest BCUT2D eigenvalue weighted by Gasteiger charge is 2.09. The Morgan fingerprint density at radius 2 is 1.95 bits per heavy atom. The van der Waals surface area contributed by atoms with E-state index in [9.17, 15) is 4.79 Å². The molecule has 0 amide bonds. The zero-order chi connectivity index (χ0) is 15.0. The molecule has 0 saturated carbocycles. The van der Waals surface area contributed by atoms with Crippen LogP contribution in [0.15, 0.2) is 51.7 Å². The summed E-state index contributed by atoms with van der Waals surface area (Å²) in [6.07, 6.45) is 0. The molecule has 0 fully saturated rings. The van der Waals surface area contributed by atoms with Gasteiger partial charge in [-0.3, -0.25) is 4.79 Å². The average molecular weight is 301 g/mol. The number of hydrogen-bond donors (Lipinski definition) is 0. The van der Waals surface area contributed by atoms with Gasteiger partial charge >= 0.3 is 0 Å². The lowest BCUT2D eigenvalue weighted by Crippen LogP contribution is -2.00. The van der Waals surface area contributed by atoms with Gasteiger partial charge in [-0.2, -0.15) is 0 Å². The molecule has 0 aliphatic heterocycles. The Kier molecular flexibility index (Phi) is 3.43. The SMILES string of the molecule is COc1cccc(-c2cc(=O)c3cc(Cl)c(C)cc3o2)c1. The highest BCUT2D eigenvalue weighted by atomic mass is 35.5. The number of aryl methyl sites for hydroxylation is 1. The molecule has 1 aromatic heterocycles. The van der Waals surface area contributed by atoms with Crippen LogP contribution in [-0.4, -0.2) is 7.11 Å². The van der Waals surface area contributed by atoms with Gasteiger partial charge in [-0.15, -0.1) is 0 Å². The molecule has 0 saturated heterocycles. The number of methoxy groups -OCH3 is 1. The second kappa shape index (κ2) is 5.26. The van der Waals surface area contributed by atoms with Gasteiger partial charge in [0.2, 0.25) is 0 Å². The minimum atomic E-state index is -0.115. The summed E-state index contributed by atoms with van der Waals surface area (Å²) >= 11 is 6.06. The summed E-state index contributed by atoms with van der Waals surface area (Å²) in [6, 6.07) is 12.3. The first-order chi connectivity index (χ1) is 10.1. The molecule has 0 atom stereocenters. The van der Waals surface area contributed by atoms with E-state index in [-0.39, 0.29) is 5.43 Å². The van der Waals surface area contributed by atoms with E-state index in [4.69, 9.17) is 20.8 Å². The standard InChI is InChI=1S/C17H13ClO3/c1-10-6-17-13(8-14(10)18)15(19)9-16(21-17)11-4-3-5-12(7-11)20-2/h3-9H,1-2H3. The lowest BCUT2D eigenvalue weighted by atomic mass is 10.1. The molecule has 2 aromatic carbocycles. The molecule has 21 heavy (non-hydrogen) atoms. The summed E-state index contributed by atoms with van der Waals surface area (Å²) in [5.74, 6) is 1.22. The Morgan fingerprint density at radius 1 is 1.14 bits per heavy atom. The van der Waals surface area contributed by atoms with E-state index in [1.165, 1.54) is 6.07 Å². The first kappa shape index (κ1) is 13.7. The van der Waals surface area contributed by atoms with Crippen molar-refractivity contribution in [2.45, 2.75) is 6.92 Å². The third-order valence-electron chi connectivity index (χ3n) is 3.36. The lowest BCUT2D eigenvalue weighted by molar-refractivity contribution is 0.415. The van der Waals surface area contributed by atoms with Gasteiger partial charge in [0.25, 0.3) is 0 Å². The lowest BCUT2D eigenvalue weighted by Gasteiger charge is -2.06. The second-order valence-electron chi connectivity index (χ2n) is 4.80. The molecule has 3 nitrogen and oxygen atoms in total. The predicted molar refractivity (Wildman–Crippen MR) is 84.2 cm³/mol. The van der Waals surface area contributed by atoms with Crippen LogP contribution in [0.2, 0.25) is 5.02 Å². The molecule has 0 aliphatic rings. The number of ether oxygens (including phenoxy) is 1. The van der Waals surface area contributed by atoms with Crippen LogP contribution in [-0.2, 0) is 0 Å². The summed E-state index contributed by atoms with van der Waals surface area (Å²) in [5, 5.41) is 1.04. The van der Waals surface area contributed by atoms with Crippen molar-refractivity contribution in [1.82, 2.24) is 0 Å². The molecular formula is C17H13ClO3. The van der Waals surface area contributed by atoms with E-state index >= 15 is 0 Å². The fraction of sp³-hybridized carbons (Fsp3) is 0.118. The van der Waals surface area contributed by atoms with Crippen LogP contribution >= 0.6 is 11.6 Å². The Hall–Kier alpha value is -2.26. The van der Waals surface area contributed by atoms with Gasteiger partial charge < -0.3 is 9.15 Å². The average Bonchev–Trinajstić information content (AvgIpc) is 2.49. The third kappa shape index (κ3) is 2.52. The maximum absolute atomic E-state index is 12.2. The molecule has 0 spiro atoms. The first-order valence-corrected chi connectivity index (χ1v) is 6.85. The Morgan fingerprint density at radius 3 is 2.71 bits per heavy atom. The number of rotatable bonds is 2. The van der Waals surface area contributed by atoms with E-state index in [1.807, 2.05) is 31.2 Å². The number of fused-ring (bicyclic) bond motifs is 1. The van der Waals surface area contributed by atoms with E-state index in [0.29, 0.717) is 27.5 Å². The normalized spacial score (nSPS) is 10.8. The van der Waals surface area contributed by atoms with Crippen LogP contribution in [0.4, 0.5) is 0 Å². The van der Waals surface area contributed by atoms with Crippen molar-refractivity contribution >= 4 is 22.6 Å². The van der Waals surface area contributed by atoms with Crippen LogP contribution in [0.25, 0.3) is 22.3 Å². The molecule has 1 heterocycles. The molecule has 3 rings (SSSR count). The number of benzene rings is 2. The van der Waals surface area contributed by atoms with Crippen molar-refractivity contribution in [2.75, 3.05) is 7.11 Å². The monoisotopic (exact) mass is 300 g/mol. The van der Waals surface area contributed by atoms with Crippen LogP contribution in [0, 0.1) is 6.92 Å². The summed E-state index contributed by atoms with van der Waals surface area (Å²) < 4.78 is 11.0. The quantitative estimate of drug-likeness (QED) is 0.703. The first-order valence-electron chi connectivity index (χ1n) is 6.47. The smallest absolute Gasteiger partial charge is 0.193 e. The van der Waals surface area contributed by atoms with Gasteiger partial charge in [-0.25, -0.2) is 0 Å². The van der Waals surface area contributed by atoms with Gasteiger partial charge in [0, 0.05) is 16.7 Å². The topological polar surface area (TPSA) is 39.4 Å². The third-order valence-corrected chi connectivity index (χ3v) is 3.77. The molecule has 0 radical (unpaired) electrons. The van der Waals surface area contributed by atoms with Crippen molar-refractivity contribution in [2.24, 2.45) is 0 Å². The molecule has 0 aliphatic carbocycles. The number of halogens is 1. The molecule has 0 N–H and O–H groups in total. The van der Waals surface area contributed by atoms with Gasteiger partial charge in [0.05, 0.1) is 12.5 Å². The molecule has 106 valence electrons. The maximum Gasteiger partial charge on any atom is 0.193 e. The highest BCUT2D eigenvalue weighted by Crippen LogP contribution is 2.27. The van der Waals surface area contributed by atoms with E-state index in [2.05, 4.69) is 0 Å². The Balaban J connectivity index is 2.24. The minimum absolute atomic E-state index is 0.115. The molecule has 0 bridgehead atoms. The van der Waals surface area contributed by atoms with Crippen LogP contribution in [0.5, 0.6) is 5.75 Å². The highest BCUT2D eigenvalue weighted by molar-refractivity contribution is 6.32. The largest absolute Gasteiger partial charge is 0.497 e. The summed E-state index contributed by atoms with van der Waals surface area (Å²) in [5.41, 5.74) is 2.08. The van der Waals surface area contributed by atoms with Crippen LogP contribution in [0.1, 0.15) is 5.56 Å². The van der Waals surface area contributed by atoms with Gasteiger partial charge in [0.1, 0.15) is 17.1 Å². The minimum Gasteiger partial charge on any atom is -0.497 e. The fourth-order valence-corrected chi connectivity index (χ4v) is 2.36. The van der Waals surface area contributed by atoms with E-state index in [0.717, 1.165) is 11.1 Å². The molecule has 3 aromatic rings. The summed E-state index contributed by atoms with van der Waals surface area (Å²) in [6.45, 7) is 1.87. The van der Waals surface area contributed by atoms with Crippen molar-refractivity contribution < 1.29 is 9.15 Å². The number of hydrogen-bond acceptors (Lipinski definition) is 3. The van der Waals surface area contributed by atoms with Crippen LogP contribution < -0.4 is 10.2 Å². The van der Waals surface area contributed by atoms with Gasteiger partial charge in [0.15, 0.2) is 5.43 Å². The van der Waals surface area contributed by atoms with E-state index < -0.39 is 0 Å². The van der Waals surface area contributed by atoms with E-state index in [1.54, 1.807) is 19.2 Å². The molecule has 4 heteroatoms. The second-order valence-corrected chi connectivity index (χ2v) is 5.21. The van der Waals surface area contributed by atoms with Crippen molar-refractivity contribution in [3.05, 3.63) is 63.3 Å². The maximum atomic E-state index is 12.2. The Labute approximate surface area is 126 Å². The molecular weight excluding hydrogens is 288 g/mol. The predicted octanol–water partition coefficient (Wildman–Crippen LogP) is 4.43. The zero-order valence-corrected chi connectivity index (χ0v) is 12.4. The molecule has 0 unspecified atom stereocenters. The van der Waals surface area contributed by atoms with Gasteiger partial charge in [-0.05, 0) is 36.8 Å². The fourth-order valence-electron chi connectivity index (χ4n) is 2.20. The zero-order valence-electron chi connectivity index (χ0n) is 11.6. The van der Waals surface area contributed by atoms with Crippen molar-refractivity contribution in [3.8, 4) is 17.1 Å². The Bertz CT molecular complexity index is 881. The van der Waals surface area contributed by atoms with Crippen molar-refractivity contribution in [3.63, 3.8) is 0 Å². The summed E-state index contributed by atoms with van der Waals surface area (Å²) in [4.78, 5) is 12.2. The van der Waals surface area contributed by atoms with Gasteiger partial charge in [-0.1, -0.05) is 23.7 Å². The van der Waals surface area contributed by atoms with Crippen molar-refractivity contribution in [1.29, 1.82) is 0 Å². The summed E-state index contributed by atoms with van der Waals surface area (Å²) in [7, 11) is 1.60.